The maximum atomic E-state index is 12.3. The molecule has 136 valence electrons. The van der Waals surface area contributed by atoms with E-state index in [0.29, 0.717) is 40.9 Å². The van der Waals surface area contributed by atoms with Crippen LogP contribution in [0.3, 0.4) is 0 Å². The number of aryl methyl sites for hydroxylation is 1. The largest absolute Gasteiger partial charge is 0.396 e. The third kappa shape index (κ3) is 3.32. The molecule has 7 nitrogen and oxygen atoms in total. The number of nitrogens with two attached hydrogens (primary N) is 1. The number of nitrogens with zero attached hydrogens (tertiary/aromatic N) is 2. The number of imidazole rings is 1. The second kappa shape index (κ2) is 7.05. The first kappa shape index (κ1) is 17.0. The number of carbonyl (C=O) groups is 1. The number of benzene rings is 2. The Morgan fingerprint density at radius 2 is 1.96 bits per heavy atom. The summed E-state index contributed by atoms with van der Waals surface area (Å²) in [6, 6.07) is 14.5. The highest BCUT2D eigenvalue weighted by Gasteiger charge is 2.13. The van der Waals surface area contributed by atoms with Crippen molar-refractivity contribution in [3.63, 3.8) is 0 Å². The zero-order chi connectivity index (χ0) is 18.8. The van der Waals surface area contributed by atoms with E-state index >= 15 is 0 Å². The van der Waals surface area contributed by atoms with Crippen LogP contribution in [0.5, 0.6) is 0 Å². The van der Waals surface area contributed by atoms with Gasteiger partial charge in [0.25, 0.3) is 5.91 Å². The lowest BCUT2D eigenvalue weighted by Gasteiger charge is -2.07. The lowest BCUT2D eigenvalue weighted by atomic mass is 10.1. The number of fused-ring (bicyclic) bond motifs is 3. The number of aromatic amines is 1. The minimum absolute atomic E-state index is 0.107. The van der Waals surface area contributed by atoms with Gasteiger partial charge in [0.1, 0.15) is 22.7 Å². The number of H-pyrrole nitrogens is 1. The van der Waals surface area contributed by atoms with Crippen LogP contribution < -0.4 is 11.1 Å². The Hall–Kier alpha value is -3.45. The molecule has 7 heteroatoms. The fourth-order valence-electron chi connectivity index (χ4n) is 3.05. The molecule has 1 amide bonds. The molecule has 0 aliphatic rings. The topological polar surface area (TPSA) is 117 Å². The minimum atomic E-state index is -0.185. The smallest absolute Gasteiger partial charge is 0.255 e. The normalized spacial score (nSPS) is 11.1. The van der Waals surface area contributed by atoms with Gasteiger partial charge in [-0.2, -0.15) is 0 Å². The fourth-order valence-corrected chi connectivity index (χ4v) is 3.05. The Labute approximate surface area is 155 Å². The van der Waals surface area contributed by atoms with Crippen LogP contribution >= 0.6 is 0 Å². The van der Waals surface area contributed by atoms with E-state index in [2.05, 4.69) is 20.3 Å². The summed E-state index contributed by atoms with van der Waals surface area (Å²) >= 11 is 0. The number of aliphatic hydroxyl groups excluding tert-OH is 1. The summed E-state index contributed by atoms with van der Waals surface area (Å²) in [7, 11) is 0. The molecular weight excluding hydrogens is 342 g/mol. The van der Waals surface area contributed by atoms with E-state index in [1.54, 1.807) is 18.2 Å². The molecular formula is C20H19N5O2. The van der Waals surface area contributed by atoms with Crippen LogP contribution in [0.2, 0.25) is 0 Å². The number of nitrogens with one attached hydrogen (secondary N) is 2. The van der Waals surface area contributed by atoms with E-state index in [1.165, 1.54) is 0 Å². The van der Waals surface area contributed by atoms with E-state index in [4.69, 9.17) is 10.8 Å². The Bertz CT molecular complexity index is 1120. The zero-order valence-corrected chi connectivity index (χ0v) is 14.6. The standard InChI is InChI=1S/C20H19N5O2/c21-19-18-17(24-16(25-18)7-4-10-26)14-9-8-13(11-15(14)23-19)22-20(27)12-5-2-1-3-6-12/h1-3,5-6,8-9,11,26H,4,7,10H2,(H2,21,23)(H,22,27)(H,24,25). The molecule has 0 aliphatic heterocycles. The molecule has 0 radical (unpaired) electrons. The van der Waals surface area contributed by atoms with Crippen molar-refractivity contribution >= 4 is 39.3 Å². The molecule has 0 unspecified atom stereocenters. The Morgan fingerprint density at radius 1 is 1.15 bits per heavy atom. The molecule has 27 heavy (non-hydrogen) atoms. The van der Waals surface area contributed by atoms with Crippen LogP contribution in [0.4, 0.5) is 11.5 Å². The van der Waals surface area contributed by atoms with Crippen LogP contribution in [0.15, 0.2) is 48.5 Å². The maximum Gasteiger partial charge on any atom is 0.255 e. The van der Waals surface area contributed by atoms with Gasteiger partial charge in [-0.15, -0.1) is 0 Å². The maximum absolute atomic E-state index is 12.3. The van der Waals surface area contributed by atoms with Gasteiger partial charge in [0.05, 0.1) is 5.52 Å². The summed E-state index contributed by atoms with van der Waals surface area (Å²) in [6.07, 6.45) is 1.26. The van der Waals surface area contributed by atoms with Gasteiger partial charge >= 0.3 is 0 Å². The van der Waals surface area contributed by atoms with Crippen molar-refractivity contribution in [3.8, 4) is 0 Å². The summed E-state index contributed by atoms with van der Waals surface area (Å²) < 4.78 is 0. The summed E-state index contributed by atoms with van der Waals surface area (Å²) in [5.74, 6) is 0.934. The molecule has 5 N–H and O–H groups in total. The first-order chi connectivity index (χ1) is 13.2. The third-order valence-corrected chi connectivity index (χ3v) is 4.37. The van der Waals surface area contributed by atoms with Crippen LogP contribution in [0.1, 0.15) is 22.6 Å². The second-order valence-electron chi connectivity index (χ2n) is 6.28. The van der Waals surface area contributed by atoms with Gasteiger partial charge in [0.2, 0.25) is 0 Å². The van der Waals surface area contributed by atoms with Crippen molar-refractivity contribution < 1.29 is 9.90 Å². The Morgan fingerprint density at radius 3 is 2.74 bits per heavy atom. The van der Waals surface area contributed by atoms with E-state index in [0.717, 1.165) is 16.7 Å². The number of hydrogen-bond acceptors (Lipinski definition) is 5. The molecule has 0 bridgehead atoms. The van der Waals surface area contributed by atoms with Crippen molar-refractivity contribution in [1.82, 2.24) is 15.0 Å². The quantitative estimate of drug-likeness (QED) is 0.436. The number of hydrogen-bond donors (Lipinski definition) is 4. The molecule has 4 rings (SSSR count). The van der Waals surface area contributed by atoms with Crippen molar-refractivity contribution in [3.05, 3.63) is 59.9 Å². The number of aliphatic hydroxyl groups is 1. The molecule has 0 fully saturated rings. The highest BCUT2D eigenvalue weighted by atomic mass is 16.2. The van der Waals surface area contributed by atoms with Crippen LogP contribution in [-0.2, 0) is 6.42 Å². The van der Waals surface area contributed by atoms with Crippen LogP contribution in [0, 0.1) is 0 Å². The SMILES string of the molecule is Nc1nc2cc(NC(=O)c3ccccc3)ccc2c2nc(CCCO)[nH]c12. The average molecular weight is 361 g/mol. The molecule has 0 atom stereocenters. The molecule has 0 saturated carbocycles. The van der Waals surface area contributed by atoms with Crippen molar-refractivity contribution in [2.45, 2.75) is 12.8 Å². The van der Waals surface area contributed by atoms with E-state index < -0.39 is 0 Å². The Kier molecular flexibility index (Phi) is 4.43. The molecule has 2 heterocycles. The second-order valence-corrected chi connectivity index (χ2v) is 6.28. The molecule has 2 aromatic carbocycles. The van der Waals surface area contributed by atoms with Gasteiger partial charge < -0.3 is 21.1 Å². The number of rotatable bonds is 5. The lowest BCUT2D eigenvalue weighted by molar-refractivity contribution is 0.102. The van der Waals surface area contributed by atoms with Gasteiger partial charge in [-0.05, 0) is 36.8 Å². The van der Waals surface area contributed by atoms with Crippen molar-refractivity contribution in [1.29, 1.82) is 0 Å². The Balaban J connectivity index is 1.70. The number of carbonyl (C=O) groups excluding carboxylic acids is 1. The van der Waals surface area contributed by atoms with E-state index in [-0.39, 0.29) is 12.5 Å². The summed E-state index contributed by atoms with van der Waals surface area (Å²) in [5, 5.41) is 12.7. The van der Waals surface area contributed by atoms with E-state index in [1.807, 2.05) is 30.3 Å². The van der Waals surface area contributed by atoms with E-state index in [9.17, 15) is 4.79 Å². The first-order valence-corrected chi connectivity index (χ1v) is 8.71. The third-order valence-electron chi connectivity index (χ3n) is 4.37. The fraction of sp³-hybridized carbons (Fsp3) is 0.150. The average Bonchev–Trinajstić information content (AvgIpc) is 3.12. The number of amides is 1. The first-order valence-electron chi connectivity index (χ1n) is 8.71. The number of nitrogen functional groups attached to an aromatic ring is 1. The highest BCUT2D eigenvalue weighted by Crippen LogP contribution is 2.28. The van der Waals surface area contributed by atoms with Gasteiger partial charge in [-0.1, -0.05) is 18.2 Å². The van der Waals surface area contributed by atoms with Crippen molar-refractivity contribution in [2.24, 2.45) is 0 Å². The lowest BCUT2D eigenvalue weighted by Crippen LogP contribution is -2.11. The summed E-state index contributed by atoms with van der Waals surface area (Å²) in [4.78, 5) is 24.6. The molecule has 0 aliphatic carbocycles. The zero-order valence-electron chi connectivity index (χ0n) is 14.6. The molecule has 4 aromatic rings. The monoisotopic (exact) mass is 361 g/mol. The molecule has 2 aromatic heterocycles. The highest BCUT2D eigenvalue weighted by molar-refractivity contribution is 6.09. The van der Waals surface area contributed by atoms with Crippen molar-refractivity contribution in [2.75, 3.05) is 17.7 Å². The molecule has 0 saturated heterocycles. The summed E-state index contributed by atoms with van der Waals surface area (Å²) in [5.41, 5.74) is 9.40. The van der Waals surface area contributed by atoms with Gasteiger partial charge in [-0.3, -0.25) is 4.79 Å². The predicted octanol–water partition coefficient (Wildman–Crippen LogP) is 2.87. The van der Waals surface area contributed by atoms with Crippen LogP contribution in [-0.4, -0.2) is 32.6 Å². The van der Waals surface area contributed by atoms with Gasteiger partial charge in [0, 0.05) is 29.7 Å². The van der Waals surface area contributed by atoms with Gasteiger partial charge in [0.15, 0.2) is 0 Å². The summed E-state index contributed by atoms with van der Waals surface area (Å²) in [6.45, 7) is 0.107. The van der Waals surface area contributed by atoms with Crippen LogP contribution in [0.25, 0.3) is 21.9 Å². The number of aromatic nitrogens is 3. The number of anilines is 2. The van der Waals surface area contributed by atoms with Gasteiger partial charge in [-0.25, -0.2) is 9.97 Å². The molecule has 0 spiro atoms. The minimum Gasteiger partial charge on any atom is -0.396 e. The predicted molar refractivity (Wildman–Crippen MR) is 106 cm³/mol. The number of pyridine rings is 1.